The Morgan fingerprint density at radius 2 is 1.79 bits per heavy atom. The lowest BCUT2D eigenvalue weighted by atomic mass is 10.1. The van der Waals surface area contributed by atoms with Crippen LogP contribution in [0.5, 0.6) is 0 Å². The Labute approximate surface area is 233 Å². The summed E-state index contributed by atoms with van der Waals surface area (Å²) in [6.45, 7) is 3.70. The summed E-state index contributed by atoms with van der Waals surface area (Å²) in [4.78, 5) is 38.9. The number of thiophene rings is 1. The molecule has 0 saturated carbocycles. The quantitative estimate of drug-likeness (QED) is 0.201. The predicted molar refractivity (Wildman–Crippen MR) is 149 cm³/mol. The molecule has 0 radical (unpaired) electrons. The van der Waals surface area contributed by atoms with Gasteiger partial charge >= 0.3 is 5.97 Å². The van der Waals surface area contributed by atoms with E-state index in [2.05, 4.69) is 15.5 Å². The normalized spacial score (nSPS) is 11.1. The minimum absolute atomic E-state index is 0.0399. The molecule has 5 rings (SSSR count). The van der Waals surface area contributed by atoms with Gasteiger partial charge in [-0.3, -0.25) is 19.0 Å². The first-order valence-electron chi connectivity index (χ1n) is 12.2. The second-order valence-electron chi connectivity index (χ2n) is 8.61. The van der Waals surface area contributed by atoms with E-state index in [0.29, 0.717) is 38.5 Å². The number of halogens is 1. The van der Waals surface area contributed by atoms with Crippen LogP contribution in [0.15, 0.2) is 66.0 Å². The van der Waals surface area contributed by atoms with Crippen LogP contribution in [0.25, 0.3) is 15.9 Å². The average Bonchev–Trinajstić information content (AvgIpc) is 3.64. The SMILES string of the molecule is CCOC(=O)Cn1c(C(=O)NCc2nnc(C)n2-c2sccc2C(=O)c2ccccc2Cl)cc2ccccc21. The smallest absolute Gasteiger partial charge is 0.325 e. The fourth-order valence-corrected chi connectivity index (χ4v) is 5.56. The number of esters is 1. The number of ketones is 1. The van der Waals surface area contributed by atoms with Crippen molar-refractivity contribution >= 4 is 51.5 Å². The number of carbonyl (C=O) groups is 3. The highest BCUT2D eigenvalue weighted by Gasteiger charge is 2.23. The van der Waals surface area contributed by atoms with Gasteiger partial charge in [0.1, 0.15) is 23.1 Å². The number of para-hydroxylation sites is 1. The Hall–Kier alpha value is -4.28. The fourth-order valence-electron chi connectivity index (χ4n) is 4.38. The van der Waals surface area contributed by atoms with Crippen molar-refractivity contribution in [3.8, 4) is 5.00 Å². The highest BCUT2D eigenvalue weighted by Crippen LogP contribution is 2.29. The topological polar surface area (TPSA) is 108 Å². The van der Waals surface area contributed by atoms with Gasteiger partial charge in [-0.25, -0.2) is 0 Å². The summed E-state index contributed by atoms with van der Waals surface area (Å²) in [7, 11) is 0. The molecule has 39 heavy (non-hydrogen) atoms. The number of nitrogens with zero attached hydrogens (tertiary/aromatic N) is 4. The second-order valence-corrected chi connectivity index (χ2v) is 9.91. The number of aryl methyl sites for hydroxylation is 1. The molecule has 0 atom stereocenters. The van der Waals surface area contributed by atoms with E-state index in [4.69, 9.17) is 16.3 Å². The zero-order chi connectivity index (χ0) is 27.5. The fraction of sp³-hybridized carbons (Fsp3) is 0.179. The molecule has 0 unspecified atom stereocenters. The van der Waals surface area contributed by atoms with Gasteiger partial charge in [-0.05, 0) is 49.6 Å². The Balaban J connectivity index is 1.42. The summed E-state index contributed by atoms with van der Waals surface area (Å²) >= 11 is 7.65. The zero-order valence-electron chi connectivity index (χ0n) is 21.2. The molecule has 0 fully saturated rings. The summed E-state index contributed by atoms with van der Waals surface area (Å²) in [5.41, 5.74) is 1.92. The van der Waals surface area contributed by atoms with Gasteiger partial charge in [0.25, 0.3) is 5.91 Å². The summed E-state index contributed by atoms with van der Waals surface area (Å²) in [6.07, 6.45) is 0. The maximum Gasteiger partial charge on any atom is 0.325 e. The third-order valence-electron chi connectivity index (χ3n) is 6.15. The number of ether oxygens (including phenoxy) is 1. The van der Waals surface area contributed by atoms with Gasteiger partial charge in [0, 0.05) is 16.5 Å². The summed E-state index contributed by atoms with van der Waals surface area (Å²) in [5, 5.41) is 15.0. The highest BCUT2D eigenvalue weighted by atomic mass is 35.5. The molecular formula is C28H24ClN5O4S. The first-order valence-corrected chi connectivity index (χ1v) is 13.4. The molecule has 0 spiro atoms. The van der Waals surface area contributed by atoms with Crippen LogP contribution < -0.4 is 5.32 Å². The summed E-state index contributed by atoms with van der Waals surface area (Å²) in [5.74, 6) is -0.0303. The molecule has 3 aromatic heterocycles. The van der Waals surface area contributed by atoms with Gasteiger partial charge in [0.15, 0.2) is 11.6 Å². The second kappa shape index (κ2) is 11.2. The third-order valence-corrected chi connectivity index (χ3v) is 7.37. The number of amides is 1. The maximum absolute atomic E-state index is 13.3. The van der Waals surface area contributed by atoms with E-state index in [9.17, 15) is 14.4 Å². The molecule has 0 bridgehead atoms. The van der Waals surface area contributed by atoms with Gasteiger partial charge in [-0.15, -0.1) is 21.5 Å². The van der Waals surface area contributed by atoms with E-state index in [-0.39, 0.29) is 31.4 Å². The van der Waals surface area contributed by atoms with E-state index in [1.54, 1.807) is 59.4 Å². The Kier molecular flexibility index (Phi) is 7.58. The first kappa shape index (κ1) is 26.3. The molecule has 0 saturated heterocycles. The van der Waals surface area contributed by atoms with Crippen LogP contribution in [0, 0.1) is 6.92 Å². The van der Waals surface area contributed by atoms with Crippen LogP contribution >= 0.6 is 22.9 Å². The Bertz CT molecular complexity index is 1700. The lowest BCUT2D eigenvalue weighted by Gasteiger charge is -2.12. The average molecular weight is 562 g/mol. The van der Waals surface area contributed by atoms with Gasteiger partial charge < -0.3 is 14.6 Å². The maximum atomic E-state index is 13.3. The van der Waals surface area contributed by atoms with Crippen molar-refractivity contribution in [3.63, 3.8) is 0 Å². The number of nitrogens with one attached hydrogen (secondary N) is 1. The van der Waals surface area contributed by atoms with Crippen LogP contribution in [0.3, 0.4) is 0 Å². The number of fused-ring (bicyclic) bond motifs is 1. The molecule has 1 amide bonds. The highest BCUT2D eigenvalue weighted by molar-refractivity contribution is 7.13. The number of carbonyl (C=O) groups excluding carboxylic acids is 3. The van der Waals surface area contributed by atoms with Gasteiger partial charge in [-0.2, -0.15) is 0 Å². The monoisotopic (exact) mass is 561 g/mol. The van der Waals surface area contributed by atoms with Gasteiger partial charge in [0.2, 0.25) is 0 Å². The van der Waals surface area contributed by atoms with E-state index in [0.717, 1.165) is 10.9 Å². The van der Waals surface area contributed by atoms with Crippen LogP contribution in [0.4, 0.5) is 0 Å². The molecule has 2 aromatic carbocycles. The van der Waals surface area contributed by atoms with Crippen molar-refractivity contribution in [1.82, 2.24) is 24.6 Å². The van der Waals surface area contributed by atoms with E-state index in [1.807, 2.05) is 29.6 Å². The summed E-state index contributed by atoms with van der Waals surface area (Å²) < 4.78 is 8.50. The Morgan fingerprint density at radius 1 is 1.03 bits per heavy atom. The minimum atomic E-state index is -0.434. The minimum Gasteiger partial charge on any atom is -0.465 e. The molecule has 198 valence electrons. The van der Waals surface area contributed by atoms with Crippen molar-refractivity contribution in [2.24, 2.45) is 0 Å². The molecule has 1 N–H and O–H groups in total. The van der Waals surface area contributed by atoms with Crippen molar-refractivity contribution in [3.05, 3.63) is 99.5 Å². The molecule has 0 aliphatic heterocycles. The summed E-state index contributed by atoms with van der Waals surface area (Å²) in [6, 6.07) is 17.8. The van der Waals surface area contributed by atoms with Gasteiger partial charge in [0.05, 0.1) is 23.7 Å². The molecule has 9 nitrogen and oxygen atoms in total. The van der Waals surface area contributed by atoms with Gasteiger partial charge in [-0.1, -0.05) is 41.9 Å². The third kappa shape index (κ3) is 5.21. The number of aromatic nitrogens is 4. The lowest BCUT2D eigenvalue weighted by molar-refractivity contribution is -0.143. The molecule has 3 heterocycles. The molecule has 11 heteroatoms. The van der Waals surface area contributed by atoms with Crippen molar-refractivity contribution in [2.45, 2.75) is 26.9 Å². The first-order chi connectivity index (χ1) is 18.9. The number of hydrogen-bond donors (Lipinski definition) is 1. The zero-order valence-corrected chi connectivity index (χ0v) is 22.8. The predicted octanol–water partition coefficient (Wildman–Crippen LogP) is 4.97. The van der Waals surface area contributed by atoms with Crippen LogP contribution in [0.1, 0.15) is 45.0 Å². The van der Waals surface area contributed by atoms with E-state index in [1.165, 1.54) is 11.3 Å². The van der Waals surface area contributed by atoms with E-state index >= 15 is 0 Å². The molecule has 5 aromatic rings. The lowest BCUT2D eigenvalue weighted by Crippen LogP contribution is -2.28. The largest absolute Gasteiger partial charge is 0.465 e. The molecule has 0 aliphatic carbocycles. The van der Waals surface area contributed by atoms with E-state index < -0.39 is 5.97 Å². The van der Waals surface area contributed by atoms with Crippen LogP contribution in [-0.4, -0.2) is 43.6 Å². The van der Waals surface area contributed by atoms with Crippen molar-refractivity contribution in [1.29, 1.82) is 0 Å². The number of rotatable bonds is 9. The Morgan fingerprint density at radius 3 is 2.59 bits per heavy atom. The van der Waals surface area contributed by atoms with Crippen LogP contribution in [0.2, 0.25) is 5.02 Å². The standard InChI is InChI=1S/C28H24ClN5O4S/c1-3-38-25(35)16-33-22-11-7-4-8-18(22)14-23(33)27(37)30-15-24-32-31-17(2)34(24)28-20(12-13-39-28)26(36)19-9-5-6-10-21(19)29/h4-14H,3,15-16H2,1-2H3,(H,30,37). The van der Waals surface area contributed by atoms with Crippen LogP contribution in [-0.2, 0) is 22.6 Å². The molecule has 0 aliphatic rings. The number of hydrogen-bond acceptors (Lipinski definition) is 7. The van der Waals surface area contributed by atoms with Crippen molar-refractivity contribution < 1.29 is 19.1 Å². The molecular weight excluding hydrogens is 538 g/mol. The number of benzene rings is 2. The van der Waals surface area contributed by atoms with Crippen molar-refractivity contribution in [2.75, 3.05) is 6.61 Å².